The van der Waals surface area contributed by atoms with Crippen LogP contribution in [-0.4, -0.2) is 13.1 Å². The molecule has 1 atom stereocenters. The van der Waals surface area contributed by atoms with Crippen LogP contribution in [0.5, 0.6) is 0 Å². The van der Waals surface area contributed by atoms with E-state index in [0.717, 1.165) is 19.5 Å². The van der Waals surface area contributed by atoms with Gasteiger partial charge in [-0.2, -0.15) is 0 Å². The summed E-state index contributed by atoms with van der Waals surface area (Å²) in [5.41, 5.74) is 8.60. The van der Waals surface area contributed by atoms with E-state index in [1.165, 1.54) is 11.3 Å². The average Bonchev–Trinajstić information content (AvgIpc) is 2.35. The molecule has 1 rings (SSSR count). The Morgan fingerprint density at radius 2 is 2.06 bits per heavy atom. The summed E-state index contributed by atoms with van der Waals surface area (Å²) in [4.78, 5) is 2.29. The molecule has 0 aliphatic rings. The normalized spacial score (nSPS) is 12.2. The highest BCUT2D eigenvalue weighted by atomic mass is 15.1. The summed E-state index contributed by atoms with van der Waals surface area (Å²) < 4.78 is 0. The van der Waals surface area contributed by atoms with Crippen molar-refractivity contribution in [1.29, 1.82) is 0 Å². The van der Waals surface area contributed by atoms with Crippen LogP contribution >= 0.6 is 0 Å². The molecule has 0 amide bonds. The second kappa shape index (κ2) is 6.33. The number of hydrogen-bond acceptors (Lipinski definition) is 2. The van der Waals surface area contributed by atoms with Gasteiger partial charge in [-0.05, 0) is 25.0 Å². The number of benzene rings is 1. The van der Waals surface area contributed by atoms with Gasteiger partial charge in [0, 0.05) is 24.8 Å². The molecule has 0 heterocycles. The number of rotatable bonds is 6. The lowest BCUT2D eigenvalue weighted by Gasteiger charge is -2.26. The quantitative estimate of drug-likeness (QED) is 0.743. The number of nitrogens with zero attached hydrogens (tertiary/aromatic N) is 1. The smallest absolute Gasteiger partial charge is 0.0417 e. The van der Waals surface area contributed by atoms with Gasteiger partial charge in [0.25, 0.3) is 0 Å². The van der Waals surface area contributed by atoms with Crippen LogP contribution in [0.2, 0.25) is 0 Å². The van der Waals surface area contributed by atoms with Crippen LogP contribution in [0.15, 0.2) is 36.9 Å². The molecular weight excluding hydrogens is 196 g/mol. The van der Waals surface area contributed by atoms with Crippen molar-refractivity contribution in [3.63, 3.8) is 0 Å². The maximum Gasteiger partial charge on any atom is 0.0417 e. The lowest BCUT2D eigenvalue weighted by atomic mass is 10.0. The van der Waals surface area contributed by atoms with Crippen LogP contribution < -0.4 is 10.6 Å². The molecule has 0 spiro atoms. The molecule has 1 aromatic rings. The van der Waals surface area contributed by atoms with E-state index in [9.17, 15) is 0 Å². The van der Waals surface area contributed by atoms with Gasteiger partial charge in [0.2, 0.25) is 0 Å². The van der Waals surface area contributed by atoms with Crippen molar-refractivity contribution in [2.24, 2.45) is 5.73 Å². The van der Waals surface area contributed by atoms with Crippen molar-refractivity contribution in [3.8, 4) is 0 Å². The van der Waals surface area contributed by atoms with Crippen molar-refractivity contribution in [2.45, 2.75) is 26.3 Å². The first-order valence-corrected chi connectivity index (χ1v) is 5.94. The zero-order valence-corrected chi connectivity index (χ0v) is 10.3. The molecule has 0 unspecified atom stereocenters. The van der Waals surface area contributed by atoms with Crippen molar-refractivity contribution in [1.82, 2.24) is 0 Å². The predicted octanol–water partition coefficient (Wildman–Crippen LogP) is 3.11. The van der Waals surface area contributed by atoms with Crippen LogP contribution in [0.4, 0.5) is 5.69 Å². The molecule has 0 saturated heterocycles. The lowest BCUT2D eigenvalue weighted by molar-refractivity contribution is 0.693. The number of anilines is 1. The number of likely N-dealkylation sites (N-methyl/N-ethyl adjacent to an activating group) is 1. The van der Waals surface area contributed by atoms with Gasteiger partial charge < -0.3 is 10.6 Å². The molecule has 0 bridgehead atoms. The molecule has 2 nitrogen and oxygen atoms in total. The Kier molecular flexibility index (Phi) is 5.06. The molecule has 0 saturated carbocycles. The fourth-order valence-electron chi connectivity index (χ4n) is 1.86. The molecule has 0 aromatic heterocycles. The maximum atomic E-state index is 6.13. The third kappa shape index (κ3) is 2.86. The van der Waals surface area contributed by atoms with Gasteiger partial charge >= 0.3 is 0 Å². The second-order valence-corrected chi connectivity index (χ2v) is 3.90. The number of hydrogen-bond donors (Lipinski definition) is 1. The van der Waals surface area contributed by atoms with Crippen LogP contribution in [0.1, 0.15) is 31.9 Å². The molecule has 2 heteroatoms. The van der Waals surface area contributed by atoms with E-state index < -0.39 is 0 Å². The topological polar surface area (TPSA) is 29.3 Å². The average molecular weight is 218 g/mol. The van der Waals surface area contributed by atoms with Gasteiger partial charge in [-0.3, -0.25) is 0 Å². The number of para-hydroxylation sites is 1. The summed E-state index contributed by atoms with van der Waals surface area (Å²) in [7, 11) is 0. The van der Waals surface area contributed by atoms with Gasteiger partial charge in [-0.25, -0.2) is 0 Å². The predicted molar refractivity (Wildman–Crippen MR) is 71.7 cm³/mol. The zero-order chi connectivity index (χ0) is 12.0. The van der Waals surface area contributed by atoms with E-state index in [4.69, 9.17) is 5.73 Å². The van der Waals surface area contributed by atoms with E-state index in [0.29, 0.717) is 0 Å². The minimum atomic E-state index is 0.120. The maximum absolute atomic E-state index is 6.13. The van der Waals surface area contributed by atoms with E-state index in [1.807, 2.05) is 6.08 Å². The Labute approximate surface area is 98.8 Å². The Morgan fingerprint density at radius 3 is 2.62 bits per heavy atom. The standard InChI is InChI=1S/C14H22N2/c1-4-11-16(6-3)14-10-8-7-9-12(14)13(15)5-2/h4,7-10,13H,1,5-6,11,15H2,2-3H3/t13-/m0/s1. The highest BCUT2D eigenvalue weighted by Crippen LogP contribution is 2.26. The Morgan fingerprint density at radius 1 is 1.38 bits per heavy atom. The van der Waals surface area contributed by atoms with Crippen LogP contribution in [0, 0.1) is 0 Å². The van der Waals surface area contributed by atoms with Crippen LogP contribution in [0.3, 0.4) is 0 Å². The molecular formula is C14H22N2. The largest absolute Gasteiger partial charge is 0.368 e. The van der Waals surface area contributed by atoms with Gasteiger partial charge in [0.05, 0.1) is 0 Å². The second-order valence-electron chi connectivity index (χ2n) is 3.90. The van der Waals surface area contributed by atoms with E-state index in [1.54, 1.807) is 0 Å². The summed E-state index contributed by atoms with van der Waals surface area (Å²) in [5.74, 6) is 0. The summed E-state index contributed by atoms with van der Waals surface area (Å²) in [6, 6.07) is 8.49. The summed E-state index contributed by atoms with van der Waals surface area (Å²) in [6.07, 6.45) is 2.89. The summed E-state index contributed by atoms with van der Waals surface area (Å²) >= 11 is 0. The van der Waals surface area contributed by atoms with Gasteiger partial charge in [-0.15, -0.1) is 6.58 Å². The first-order valence-electron chi connectivity index (χ1n) is 5.94. The Bertz CT molecular complexity index is 333. The van der Waals surface area contributed by atoms with Gasteiger partial charge in [0.1, 0.15) is 0 Å². The molecule has 0 fully saturated rings. The fraction of sp³-hybridized carbons (Fsp3) is 0.429. The van der Waals surface area contributed by atoms with Crippen molar-refractivity contribution < 1.29 is 0 Å². The first-order chi connectivity index (χ1) is 7.74. The molecule has 16 heavy (non-hydrogen) atoms. The lowest BCUT2D eigenvalue weighted by Crippen LogP contribution is -2.25. The van der Waals surface area contributed by atoms with E-state index in [-0.39, 0.29) is 6.04 Å². The molecule has 1 aromatic carbocycles. The van der Waals surface area contributed by atoms with Gasteiger partial charge in [0.15, 0.2) is 0 Å². The third-order valence-electron chi connectivity index (χ3n) is 2.85. The molecule has 0 aliphatic carbocycles. The first kappa shape index (κ1) is 12.8. The minimum absolute atomic E-state index is 0.120. The van der Waals surface area contributed by atoms with Crippen molar-refractivity contribution >= 4 is 5.69 Å². The minimum Gasteiger partial charge on any atom is -0.368 e. The Hall–Kier alpha value is -1.28. The van der Waals surface area contributed by atoms with Crippen LogP contribution in [0.25, 0.3) is 0 Å². The fourth-order valence-corrected chi connectivity index (χ4v) is 1.86. The van der Waals surface area contributed by atoms with E-state index in [2.05, 4.69) is 49.6 Å². The Balaban J connectivity index is 3.05. The van der Waals surface area contributed by atoms with Gasteiger partial charge in [-0.1, -0.05) is 31.2 Å². The highest BCUT2D eigenvalue weighted by molar-refractivity contribution is 5.55. The number of nitrogens with two attached hydrogens (primary N) is 1. The summed E-state index contributed by atoms with van der Waals surface area (Å²) in [5, 5.41) is 0. The zero-order valence-electron chi connectivity index (χ0n) is 10.3. The molecule has 2 N–H and O–H groups in total. The third-order valence-corrected chi connectivity index (χ3v) is 2.85. The SMILES string of the molecule is C=CCN(CC)c1ccccc1[C@@H](N)CC. The summed E-state index contributed by atoms with van der Waals surface area (Å²) in [6.45, 7) is 9.90. The highest BCUT2D eigenvalue weighted by Gasteiger charge is 2.12. The molecule has 0 radical (unpaired) electrons. The molecule has 88 valence electrons. The monoisotopic (exact) mass is 218 g/mol. The van der Waals surface area contributed by atoms with Crippen molar-refractivity contribution in [2.75, 3.05) is 18.0 Å². The van der Waals surface area contributed by atoms with Crippen LogP contribution in [-0.2, 0) is 0 Å². The van der Waals surface area contributed by atoms with Crippen molar-refractivity contribution in [3.05, 3.63) is 42.5 Å². The van der Waals surface area contributed by atoms with E-state index >= 15 is 0 Å². The molecule has 0 aliphatic heterocycles.